The number of hydrogen-bond acceptors (Lipinski definition) is 5. The number of nitrogens with zero attached hydrogens (tertiary/aromatic N) is 2. The van der Waals surface area contributed by atoms with Crippen LogP contribution in [-0.2, 0) is 27.8 Å². The SMILES string of the molecule is Cc1ccc(-c2cc(C#N)cc(CN(CC(=O)O)S(=O)(=O)c3ccc4c(c3)CCC(C)(C)O4)c2)cc1C. The Kier molecular flexibility index (Phi) is 7.13. The van der Waals surface area contributed by atoms with E-state index in [1.165, 1.54) is 6.07 Å². The first-order valence-corrected chi connectivity index (χ1v) is 13.5. The monoisotopic (exact) mass is 518 g/mol. The molecule has 1 N–H and O–H groups in total. The Bertz CT molecular complexity index is 1520. The van der Waals surface area contributed by atoms with Gasteiger partial charge in [0.25, 0.3) is 0 Å². The van der Waals surface area contributed by atoms with Crippen molar-refractivity contribution in [2.45, 2.75) is 57.6 Å². The Morgan fingerprint density at radius 2 is 1.81 bits per heavy atom. The lowest BCUT2D eigenvalue weighted by Gasteiger charge is -2.33. The summed E-state index contributed by atoms with van der Waals surface area (Å²) < 4.78 is 34.2. The number of carboxylic acids is 1. The summed E-state index contributed by atoms with van der Waals surface area (Å²) in [5, 5.41) is 19.1. The van der Waals surface area contributed by atoms with E-state index in [0.29, 0.717) is 23.3 Å². The number of aliphatic carboxylic acids is 1. The second-order valence-corrected chi connectivity index (χ2v) is 12.1. The lowest BCUT2D eigenvalue weighted by molar-refractivity contribution is -0.137. The van der Waals surface area contributed by atoms with Gasteiger partial charge in [0.2, 0.25) is 10.0 Å². The van der Waals surface area contributed by atoms with Crippen molar-refractivity contribution in [2.75, 3.05) is 6.54 Å². The molecule has 0 spiro atoms. The molecule has 192 valence electrons. The van der Waals surface area contributed by atoms with E-state index in [2.05, 4.69) is 6.07 Å². The number of carboxylic acid groups (broad SMARTS) is 1. The molecule has 1 aliphatic heterocycles. The molecule has 0 aromatic heterocycles. The number of fused-ring (bicyclic) bond motifs is 1. The van der Waals surface area contributed by atoms with Crippen molar-refractivity contribution < 1.29 is 23.1 Å². The van der Waals surface area contributed by atoms with Gasteiger partial charge in [-0.05, 0) is 110 Å². The molecular weight excluding hydrogens is 488 g/mol. The van der Waals surface area contributed by atoms with Gasteiger partial charge in [0.1, 0.15) is 17.9 Å². The van der Waals surface area contributed by atoms with Crippen LogP contribution in [0.3, 0.4) is 0 Å². The van der Waals surface area contributed by atoms with Crippen LogP contribution in [0.1, 0.15) is 48.1 Å². The topological polar surface area (TPSA) is 108 Å². The van der Waals surface area contributed by atoms with Gasteiger partial charge in [0.05, 0.1) is 16.5 Å². The number of carbonyl (C=O) groups is 1. The molecule has 7 nitrogen and oxygen atoms in total. The van der Waals surface area contributed by atoms with E-state index in [1.54, 1.807) is 30.3 Å². The molecule has 0 fully saturated rings. The van der Waals surface area contributed by atoms with Gasteiger partial charge >= 0.3 is 5.97 Å². The molecule has 3 aromatic carbocycles. The summed E-state index contributed by atoms with van der Waals surface area (Å²) in [5.41, 5.74) is 5.23. The molecule has 0 unspecified atom stereocenters. The summed E-state index contributed by atoms with van der Waals surface area (Å²) in [5.74, 6) is -0.628. The van der Waals surface area contributed by atoms with Gasteiger partial charge < -0.3 is 9.84 Å². The second-order valence-electron chi connectivity index (χ2n) is 10.1. The van der Waals surface area contributed by atoms with Crippen LogP contribution in [0.4, 0.5) is 0 Å². The molecule has 0 atom stereocenters. The lowest BCUT2D eigenvalue weighted by atomic mass is 9.94. The van der Waals surface area contributed by atoms with E-state index in [9.17, 15) is 23.6 Å². The highest BCUT2D eigenvalue weighted by molar-refractivity contribution is 7.89. The Balaban J connectivity index is 1.71. The highest BCUT2D eigenvalue weighted by atomic mass is 32.2. The Morgan fingerprint density at radius 3 is 2.49 bits per heavy atom. The van der Waals surface area contributed by atoms with Gasteiger partial charge in [-0.15, -0.1) is 0 Å². The predicted octanol–water partition coefficient (Wildman–Crippen LogP) is 5.22. The highest BCUT2D eigenvalue weighted by Crippen LogP contribution is 2.35. The van der Waals surface area contributed by atoms with Crippen molar-refractivity contribution in [3.63, 3.8) is 0 Å². The van der Waals surface area contributed by atoms with Gasteiger partial charge in [0.15, 0.2) is 0 Å². The number of benzene rings is 3. The number of aryl methyl sites for hydroxylation is 3. The minimum atomic E-state index is -4.15. The van der Waals surface area contributed by atoms with Crippen LogP contribution in [0.5, 0.6) is 5.75 Å². The minimum absolute atomic E-state index is 0.0154. The standard InChI is InChI=1S/C29H30N2O5S/c1-19-5-6-23(11-20(19)2)25-13-21(16-30)12-22(14-25)17-31(18-28(32)33)37(34,35)26-7-8-27-24(15-26)9-10-29(3,4)36-27/h5-8,11-15H,9-10,17-18H2,1-4H3,(H,32,33). The zero-order valence-corrected chi connectivity index (χ0v) is 22.2. The van der Waals surface area contributed by atoms with E-state index in [0.717, 1.165) is 38.5 Å². The molecule has 1 aliphatic rings. The van der Waals surface area contributed by atoms with Crippen LogP contribution in [0, 0.1) is 25.2 Å². The minimum Gasteiger partial charge on any atom is -0.488 e. The Hall–Kier alpha value is -3.67. The number of sulfonamides is 1. The molecule has 0 radical (unpaired) electrons. The Labute approximate surface area is 218 Å². The predicted molar refractivity (Wildman–Crippen MR) is 141 cm³/mol. The fourth-order valence-corrected chi connectivity index (χ4v) is 5.89. The van der Waals surface area contributed by atoms with E-state index >= 15 is 0 Å². The number of rotatable bonds is 7. The van der Waals surface area contributed by atoms with Gasteiger partial charge in [-0.3, -0.25) is 4.79 Å². The van der Waals surface area contributed by atoms with Gasteiger partial charge in [-0.2, -0.15) is 9.57 Å². The average molecular weight is 519 g/mol. The summed E-state index contributed by atoms with van der Waals surface area (Å²) in [6.45, 7) is 7.08. The maximum atomic E-state index is 13.6. The molecule has 0 amide bonds. The number of hydrogen-bond donors (Lipinski definition) is 1. The molecule has 1 heterocycles. The third-order valence-corrected chi connectivity index (χ3v) is 8.47. The maximum Gasteiger partial charge on any atom is 0.318 e. The lowest BCUT2D eigenvalue weighted by Crippen LogP contribution is -2.36. The molecule has 37 heavy (non-hydrogen) atoms. The quantitative estimate of drug-likeness (QED) is 0.459. The van der Waals surface area contributed by atoms with Crippen molar-refractivity contribution in [1.29, 1.82) is 5.26 Å². The van der Waals surface area contributed by atoms with Crippen LogP contribution in [0.2, 0.25) is 0 Å². The molecule has 3 aromatic rings. The largest absolute Gasteiger partial charge is 0.488 e. The molecule has 0 bridgehead atoms. The molecule has 4 rings (SSSR count). The maximum absolute atomic E-state index is 13.6. The third kappa shape index (κ3) is 5.85. The van der Waals surface area contributed by atoms with E-state index < -0.39 is 22.5 Å². The summed E-state index contributed by atoms with van der Waals surface area (Å²) in [6.07, 6.45) is 1.40. The van der Waals surface area contributed by atoms with E-state index in [4.69, 9.17) is 4.74 Å². The van der Waals surface area contributed by atoms with Crippen LogP contribution in [-0.4, -0.2) is 35.9 Å². The first kappa shape index (κ1) is 26.4. The van der Waals surface area contributed by atoms with E-state index in [1.807, 2.05) is 45.9 Å². The van der Waals surface area contributed by atoms with E-state index in [-0.39, 0.29) is 17.0 Å². The van der Waals surface area contributed by atoms with Gasteiger partial charge in [-0.1, -0.05) is 18.2 Å². The number of ether oxygens (including phenoxy) is 1. The first-order chi connectivity index (χ1) is 17.4. The van der Waals surface area contributed by atoms with Crippen molar-refractivity contribution in [3.05, 3.63) is 82.4 Å². The zero-order valence-electron chi connectivity index (χ0n) is 21.4. The molecule has 0 saturated heterocycles. The average Bonchev–Trinajstić information content (AvgIpc) is 2.84. The van der Waals surface area contributed by atoms with Crippen LogP contribution in [0.25, 0.3) is 11.1 Å². The third-order valence-electron chi connectivity index (χ3n) is 6.69. The van der Waals surface area contributed by atoms with Crippen LogP contribution >= 0.6 is 0 Å². The smallest absolute Gasteiger partial charge is 0.318 e. The molecule has 0 saturated carbocycles. The summed E-state index contributed by atoms with van der Waals surface area (Å²) in [4.78, 5) is 11.7. The molecular formula is C29H30N2O5S. The zero-order chi connectivity index (χ0) is 27.0. The molecule has 0 aliphatic carbocycles. The van der Waals surface area contributed by atoms with Crippen molar-refractivity contribution in [2.24, 2.45) is 0 Å². The van der Waals surface area contributed by atoms with Crippen molar-refractivity contribution in [1.82, 2.24) is 4.31 Å². The van der Waals surface area contributed by atoms with Crippen LogP contribution in [0.15, 0.2) is 59.5 Å². The number of nitriles is 1. The summed E-state index contributed by atoms with van der Waals surface area (Å²) >= 11 is 0. The van der Waals surface area contributed by atoms with Crippen LogP contribution < -0.4 is 4.74 Å². The fourth-order valence-electron chi connectivity index (χ4n) is 4.46. The van der Waals surface area contributed by atoms with Gasteiger partial charge in [0, 0.05) is 6.54 Å². The fraction of sp³-hybridized carbons (Fsp3) is 0.310. The van der Waals surface area contributed by atoms with Crippen molar-refractivity contribution >= 4 is 16.0 Å². The highest BCUT2D eigenvalue weighted by Gasteiger charge is 2.31. The Morgan fingerprint density at radius 1 is 1.05 bits per heavy atom. The summed E-state index contributed by atoms with van der Waals surface area (Å²) in [7, 11) is -4.15. The van der Waals surface area contributed by atoms with Gasteiger partial charge in [-0.25, -0.2) is 8.42 Å². The summed E-state index contributed by atoms with van der Waals surface area (Å²) in [6, 6.07) is 17.9. The first-order valence-electron chi connectivity index (χ1n) is 12.0. The molecule has 8 heteroatoms. The van der Waals surface area contributed by atoms with Crippen molar-refractivity contribution in [3.8, 4) is 22.9 Å². The normalized spacial score (nSPS) is 14.5. The second kappa shape index (κ2) is 10.0.